The molecule has 4 heteroatoms. The Morgan fingerprint density at radius 1 is 1.73 bits per heavy atom. The molecule has 0 aliphatic heterocycles. The zero-order valence-electron chi connectivity index (χ0n) is 9.15. The molecule has 1 aromatic heterocycles. The molecule has 0 aromatic carbocycles. The van der Waals surface area contributed by atoms with Gasteiger partial charge in [-0.15, -0.1) is 0 Å². The maximum atomic E-state index is 11.8. The van der Waals surface area contributed by atoms with Crippen molar-refractivity contribution in [2.45, 2.75) is 26.3 Å². The van der Waals surface area contributed by atoms with Crippen LogP contribution in [0.15, 0.2) is 16.7 Å². The van der Waals surface area contributed by atoms with Crippen LogP contribution < -0.4 is 0 Å². The maximum absolute atomic E-state index is 11.8. The zero-order valence-corrected chi connectivity index (χ0v) is 9.15. The first-order valence-corrected chi connectivity index (χ1v) is 4.75. The Morgan fingerprint density at radius 3 is 2.87 bits per heavy atom. The Labute approximate surface area is 89.1 Å². The highest BCUT2D eigenvalue weighted by Crippen LogP contribution is 2.11. The van der Waals surface area contributed by atoms with E-state index in [1.54, 1.807) is 24.9 Å². The predicted octanol–water partition coefficient (Wildman–Crippen LogP) is 1.96. The van der Waals surface area contributed by atoms with E-state index in [1.165, 1.54) is 6.26 Å². The fourth-order valence-electron chi connectivity index (χ4n) is 1.23. The van der Waals surface area contributed by atoms with E-state index in [-0.39, 0.29) is 11.9 Å². The van der Waals surface area contributed by atoms with Crippen molar-refractivity contribution < 1.29 is 9.21 Å². The highest BCUT2D eigenvalue weighted by Gasteiger charge is 2.18. The third-order valence-corrected chi connectivity index (χ3v) is 2.35. The lowest BCUT2D eigenvalue weighted by atomic mass is 10.2. The number of nitrogens with zero attached hydrogens (tertiary/aromatic N) is 2. The highest BCUT2D eigenvalue weighted by atomic mass is 16.3. The van der Waals surface area contributed by atoms with E-state index in [2.05, 4.69) is 0 Å². The van der Waals surface area contributed by atoms with Gasteiger partial charge in [-0.2, -0.15) is 5.26 Å². The number of nitriles is 1. The van der Waals surface area contributed by atoms with E-state index in [0.717, 1.165) is 0 Å². The lowest BCUT2D eigenvalue weighted by Crippen LogP contribution is -2.34. The fraction of sp³-hybridized carbons (Fsp3) is 0.455. The molecule has 4 nitrogen and oxygen atoms in total. The van der Waals surface area contributed by atoms with Crippen molar-refractivity contribution in [1.29, 1.82) is 5.26 Å². The molecule has 80 valence electrons. The molecule has 0 spiro atoms. The second kappa shape index (κ2) is 4.65. The van der Waals surface area contributed by atoms with E-state index in [4.69, 9.17) is 9.68 Å². The predicted molar refractivity (Wildman–Crippen MR) is 55.2 cm³/mol. The largest absolute Gasteiger partial charge is 0.469 e. The summed E-state index contributed by atoms with van der Waals surface area (Å²) in [5.74, 6) is 0.592. The van der Waals surface area contributed by atoms with Gasteiger partial charge in [0.1, 0.15) is 12.0 Å². The molecule has 0 N–H and O–H groups in total. The average Bonchev–Trinajstić information content (AvgIpc) is 2.63. The van der Waals surface area contributed by atoms with Gasteiger partial charge in [0.25, 0.3) is 5.91 Å². The Balaban J connectivity index is 2.73. The minimum absolute atomic E-state index is 0.0855. The van der Waals surface area contributed by atoms with Crippen LogP contribution in [0.25, 0.3) is 0 Å². The molecule has 1 rings (SSSR count). The number of rotatable bonds is 3. The minimum atomic E-state index is -0.116. The number of amides is 1. The van der Waals surface area contributed by atoms with Crippen LogP contribution >= 0.6 is 0 Å². The first-order chi connectivity index (χ1) is 7.06. The third-order valence-electron chi connectivity index (χ3n) is 2.35. The van der Waals surface area contributed by atoms with Gasteiger partial charge in [-0.05, 0) is 19.9 Å². The summed E-state index contributed by atoms with van der Waals surface area (Å²) in [6, 6.07) is 3.65. The molecule has 0 saturated heterocycles. The molecule has 1 heterocycles. The van der Waals surface area contributed by atoms with E-state index < -0.39 is 0 Å². The number of hydrogen-bond acceptors (Lipinski definition) is 3. The number of furan rings is 1. The lowest BCUT2D eigenvalue weighted by molar-refractivity contribution is 0.0745. The van der Waals surface area contributed by atoms with Gasteiger partial charge < -0.3 is 9.32 Å². The molecule has 1 aromatic rings. The van der Waals surface area contributed by atoms with Gasteiger partial charge >= 0.3 is 0 Å². The van der Waals surface area contributed by atoms with Crippen LogP contribution in [0.3, 0.4) is 0 Å². The van der Waals surface area contributed by atoms with Gasteiger partial charge in [0.05, 0.1) is 18.1 Å². The maximum Gasteiger partial charge on any atom is 0.257 e. The van der Waals surface area contributed by atoms with Crippen LogP contribution in [0.4, 0.5) is 0 Å². The van der Waals surface area contributed by atoms with E-state index in [1.807, 2.05) is 13.0 Å². The summed E-state index contributed by atoms with van der Waals surface area (Å²) in [5, 5.41) is 8.54. The molecule has 0 aliphatic rings. The lowest BCUT2D eigenvalue weighted by Gasteiger charge is -2.22. The minimum Gasteiger partial charge on any atom is -0.469 e. The van der Waals surface area contributed by atoms with Crippen molar-refractivity contribution >= 4 is 5.91 Å². The molecule has 0 bridgehead atoms. The number of hydrogen-bond donors (Lipinski definition) is 0. The van der Waals surface area contributed by atoms with Crippen LogP contribution in [0.5, 0.6) is 0 Å². The summed E-state index contributed by atoms with van der Waals surface area (Å²) in [5.41, 5.74) is 0.528. The standard InChI is InChI=1S/C11H14N2O2/c1-8(4-5-12)13(3)11(14)10-6-9(2)15-7-10/h6-8H,4H2,1-3H3. The fourth-order valence-corrected chi connectivity index (χ4v) is 1.23. The van der Waals surface area contributed by atoms with E-state index >= 15 is 0 Å². The van der Waals surface area contributed by atoms with Crippen LogP contribution in [0.2, 0.25) is 0 Å². The van der Waals surface area contributed by atoms with Crippen molar-refractivity contribution in [2.75, 3.05) is 7.05 Å². The van der Waals surface area contributed by atoms with Crippen molar-refractivity contribution in [3.05, 3.63) is 23.7 Å². The van der Waals surface area contributed by atoms with Crippen LogP contribution in [0, 0.1) is 18.3 Å². The normalized spacial score (nSPS) is 11.9. The number of aryl methyl sites for hydroxylation is 1. The topological polar surface area (TPSA) is 57.2 Å². The SMILES string of the molecule is Cc1cc(C(=O)N(C)C(C)CC#N)co1. The molecular formula is C11H14N2O2. The van der Waals surface area contributed by atoms with Gasteiger partial charge in [-0.1, -0.05) is 0 Å². The molecule has 1 atom stereocenters. The summed E-state index contributed by atoms with van der Waals surface area (Å²) in [4.78, 5) is 13.4. The highest BCUT2D eigenvalue weighted by molar-refractivity contribution is 5.94. The first-order valence-electron chi connectivity index (χ1n) is 4.75. The first kappa shape index (κ1) is 11.3. The van der Waals surface area contributed by atoms with Crippen molar-refractivity contribution in [3.63, 3.8) is 0 Å². The quantitative estimate of drug-likeness (QED) is 0.759. The van der Waals surface area contributed by atoms with Crippen molar-refractivity contribution in [1.82, 2.24) is 4.90 Å². The molecule has 0 saturated carbocycles. The summed E-state index contributed by atoms with van der Waals surface area (Å²) >= 11 is 0. The third kappa shape index (κ3) is 2.59. The van der Waals surface area contributed by atoms with E-state index in [0.29, 0.717) is 17.7 Å². The van der Waals surface area contributed by atoms with E-state index in [9.17, 15) is 4.79 Å². The second-order valence-electron chi connectivity index (χ2n) is 3.57. The summed E-state index contributed by atoms with van der Waals surface area (Å²) in [7, 11) is 1.69. The molecular weight excluding hydrogens is 192 g/mol. The molecule has 0 aliphatic carbocycles. The Kier molecular flexibility index (Phi) is 3.51. The molecule has 1 unspecified atom stereocenters. The molecule has 15 heavy (non-hydrogen) atoms. The molecule has 1 amide bonds. The monoisotopic (exact) mass is 206 g/mol. The van der Waals surface area contributed by atoms with Gasteiger partial charge in [0.15, 0.2) is 0 Å². The summed E-state index contributed by atoms with van der Waals surface area (Å²) < 4.78 is 5.06. The van der Waals surface area contributed by atoms with Crippen molar-refractivity contribution in [2.24, 2.45) is 0 Å². The Hall–Kier alpha value is -1.76. The number of carbonyl (C=O) groups is 1. The van der Waals surface area contributed by atoms with Crippen LogP contribution in [0.1, 0.15) is 29.5 Å². The Bertz CT molecular complexity index is 390. The van der Waals surface area contributed by atoms with Gasteiger partial charge in [-0.25, -0.2) is 0 Å². The average molecular weight is 206 g/mol. The summed E-state index contributed by atoms with van der Waals surface area (Å²) in [6.07, 6.45) is 1.77. The van der Waals surface area contributed by atoms with Crippen LogP contribution in [-0.2, 0) is 0 Å². The van der Waals surface area contributed by atoms with Gasteiger partial charge in [-0.3, -0.25) is 4.79 Å². The van der Waals surface area contributed by atoms with Crippen molar-refractivity contribution in [3.8, 4) is 6.07 Å². The second-order valence-corrected chi connectivity index (χ2v) is 3.57. The number of carbonyl (C=O) groups excluding carboxylic acids is 1. The Morgan fingerprint density at radius 2 is 2.40 bits per heavy atom. The zero-order chi connectivity index (χ0) is 11.4. The summed E-state index contributed by atoms with van der Waals surface area (Å²) in [6.45, 7) is 3.63. The van der Waals surface area contributed by atoms with Crippen LogP contribution in [-0.4, -0.2) is 23.9 Å². The molecule has 0 radical (unpaired) electrons. The smallest absolute Gasteiger partial charge is 0.257 e. The van der Waals surface area contributed by atoms with Gasteiger partial charge in [0, 0.05) is 13.1 Å². The molecule has 0 fully saturated rings. The van der Waals surface area contributed by atoms with Gasteiger partial charge in [0.2, 0.25) is 0 Å².